The highest BCUT2D eigenvalue weighted by molar-refractivity contribution is 5.94. The first kappa shape index (κ1) is 21.3. The van der Waals surface area contributed by atoms with Crippen molar-refractivity contribution in [1.29, 1.82) is 0 Å². The van der Waals surface area contributed by atoms with E-state index in [-0.39, 0.29) is 5.91 Å². The van der Waals surface area contributed by atoms with Gasteiger partial charge >= 0.3 is 0 Å². The van der Waals surface area contributed by atoms with E-state index < -0.39 is 5.60 Å². The minimum Gasteiger partial charge on any atom is -0.389 e. The third-order valence-electron chi connectivity index (χ3n) is 7.11. The van der Waals surface area contributed by atoms with Crippen molar-refractivity contribution in [3.05, 3.63) is 35.2 Å². The van der Waals surface area contributed by atoms with Gasteiger partial charge in [-0.3, -0.25) is 4.79 Å². The minimum absolute atomic E-state index is 0.0589. The van der Waals surface area contributed by atoms with E-state index in [2.05, 4.69) is 24.1 Å². The number of likely N-dealkylation sites (tertiary alicyclic amines) is 1. The number of aromatic nitrogens is 2. The van der Waals surface area contributed by atoms with Gasteiger partial charge in [0.15, 0.2) is 0 Å². The molecule has 0 bridgehead atoms. The van der Waals surface area contributed by atoms with Crippen molar-refractivity contribution in [3.63, 3.8) is 0 Å². The van der Waals surface area contributed by atoms with Crippen LogP contribution in [-0.2, 0) is 0 Å². The highest BCUT2D eigenvalue weighted by Gasteiger charge is 2.36. The number of nitrogens with zero attached hydrogens (tertiary/aromatic N) is 3. The Morgan fingerprint density at radius 2 is 2.07 bits per heavy atom. The molecule has 0 spiro atoms. The van der Waals surface area contributed by atoms with Crippen LogP contribution < -0.4 is 5.32 Å². The topological polar surface area (TPSA) is 69.9 Å². The number of carbonyl (C=O) groups is 1. The van der Waals surface area contributed by atoms with Crippen molar-refractivity contribution < 1.29 is 9.90 Å². The van der Waals surface area contributed by atoms with Crippen molar-refractivity contribution in [2.45, 2.75) is 70.8 Å². The predicted molar refractivity (Wildman–Crippen MR) is 119 cm³/mol. The number of hydrogen-bond acceptors (Lipinski definition) is 4. The second kappa shape index (κ2) is 8.67. The predicted octanol–water partition coefficient (Wildman–Crippen LogP) is 3.51. The van der Waals surface area contributed by atoms with Crippen LogP contribution in [0.1, 0.15) is 79.9 Å². The zero-order chi connectivity index (χ0) is 21.3. The first-order chi connectivity index (χ1) is 14.4. The van der Waals surface area contributed by atoms with Gasteiger partial charge in [-0.25, -0.2) is 4.52 Å². The largest absolute Gasteiger partial charge is 0.389 e. The average molecular weight is 413 g/mol. The molecule has 1 aliphatic heterocycles. The van der Waals surface area contributed by atoms with Gasteiger partial charge in [0.2, 0.25) is 0 Å². The number of piperidine rings is 1. The number of rotatable bonds is 5. The summed E-state index contributed by atoms with van der Waals surface area (Å²) in [6.45, 7) is 9.80. The Balaban J connectivity index is 1.50. The van der Waals surface area contributed by atoms with E-state index in [1.165, 1.54) is 12.0 Å². The fraction of sp³-hybridized carbons (Fsp3) is 0.667. The Kier molecular flexibility index (Phi) is 6.16. The van der Waals surface area contributed by atoms with Gasteiger partial charge in [0.25, 0.3) is 5.91 Å². The zero-order valence-electron chi connectivity index (χ0n) is 18.7. The molecule has 2 atom stereocenters. The molecule has 6 heteroatoms. The molecule has 2 N–H and O–H groups in total. The molecule has 2 aliphatic rings. The number of pyridine rings is 1. The molecule has 30 heavy (non-hydrogen) atoms. The number of β-amino-alcohol motifs (C(OH)–C–C–N with tert-alkyl or cyclic N) is 1. The highest BCUT2D eigenvalue weighted by Crippen LogP contribution is 2.38. The Morgan fingerprint density at radius 3 is 2.77 bits per heavy atom. The Morgan fingerprint density at radius 1 is 1.30 bits per heavy atom. The molecule has 6 nitrogen and oxygen atoms in total. The number of aliphatic hydroxyl groups is 1. The van der Waals surface area contributed by atoms with Crippen molar-refractivity contribution in [2.75, 3.05) is 26.2 Å². The van der Waals surface area contributed by atoms with E-state index in [9.17, 15) is 9.90 Å². The van der Waals surface area contributed by atoms with Crippen LogP contribution in [0.2, 0.25) is 0 Å². The maximum Gasteiger partial charge on any atom is 0.252 e. The van der Waals surface area contributed by atoms with Crippen molar-refractivity contribution in [2.24, 2.45) is 5.92 Å². The number of hydrogen-bond donors (Lipinski definition) is 2. The Bertz CT molecular complexity index is 900. The molecule has 2 aromatic rings. The molecule has 164 valence electrons. The summed E-state index contributed by atoms with van der Waals surface area (Å²) in [5, 5.41) is 18.6. The first-order valence-electron chi connectivity index (χ1n) is 11.6. The van der Waals surface area contributed by atoms with Crippen LogP contribution in [0.3, 0.4) is 0 Å². The third-order valence-corrected chi connectivity index (χ3v) is 7.11. The second-order valence-corrected chi connectivity index (χ2v) is 9.50. The molecule has 1 saturated heterocycles. The highest BCUT2D eigenvalue weighted by atomic mass is 16.3. The lowest BCUT2D eigenvalue weighted by Gasteiger charge is -2.42. The fourth-order valence-electron chi connectivity index (χ4n) is 5.63. The van der Waals surface area contributed by atoms with Crippen molar-refractivity contribution in [3.8, 4) is 0 Å². The number of nitrogens with one attached hydrogen (secondary N) is 1. The monoisotopic (exact) mass is 412 g/mol. The van der Waals surface area contributed by atoms with Gasteiger partial charge < -0.3 is 15.3 Å². The lowest BCUT2D eigenvalue weighted by molar-refractivity contribution is -0.0353. The van der Waals surface area contributed by atoms with Gasteiger partial charge in [-0.2, -0.15) is 5.10 Å². The van der Waals surface area contributed by atoms with Crippen LogP contribution in [0.5, 0.6) is 0 Å². The van der Waals surface area contributed by atoms with E-state index in [1.54, 1.807) is 0 Å². The number of fused-ring (bicyclic) bond motifs is 1. The summed E-state index contributed by atoms with van der Waals surface area (Å²) in [4.78, 5) is 14.7. The fourth-order valence-corrected chi connectivity index (χ4v) is 5.63. The van der Waals surface area contributed by atoms with Gasteiger partial charge in [0.1, 0.15) is 0 Å². The normalized spacial score (nSPS) is 24.8. The van der Waals surface area contributed by atoms with Crippen molar-refractivity contribution in [1.82, 2.24) is 19.8 Å². The van der Waals surface area contributed by atoms with Crippen LogP contribution in [-0.4, -0.2) is 57.3 Å². The molecular weight excluding hydrogens is 376 g/mol. The Hall–Kier alpha value is -1.92. The van der Waals surface area contributed by atoms with Gasteiger partial charge in [-0.15, -0.1) is 0 Å². The average Bonchev–Trinajstić information content (AvgIpc) is 3.03. The van der Waals surface area contributed by atoms with Gasteiger partial charge in [0.05, 0.1) is 22.4 Å². The quantitative estimate of drug-likeness (QED) is 0.788. The first-order valence-corrected chi connectivity index (χ1v) is 11.6. The van der Waals surface area contributed by atoms with Gasteiger partial charge in [-0.05, 0) is 63.6 Å². The molecule has 1 saturated carbocycles. The summed E-state index contributed by atoms with van der Waals surface area (Å²) >= 11 is 0. The maximum atomic E-state index is 12.2. The van der Waals surface area contributed by atoms with E-state index >= 15 is 0 Å². The second-order valence-electron chi connectivity index (χ2n) is 9.50. The number of aryl methyl sites for hydroxylation is 1. The molecule has 0 radical (unpaired) electrons. The zero-order valence-corrected chi connectivity index (χ0v) is 18.7. The lowest BCUT2D eigenvalue weighted by atomic mass is 9.79. The summed E-state index contributed by atoms with van der Waals surface area (Å²) in [6.07, 6.45) is 8.39. The van der Waals surface area contributed by atoms with E-state index in [0.29, 0.717) is 23.9 Å². The van der Waals surface area contributed by atoms with Crippen LogP contribution in [0.4, 0.5) is 0 Å². The summed E-state index contributed by atoms with van der Waals surface area (Å²) in [6, 6.07) is 3.95. The van der Waals surface area contributed by atoms with Crippen LogP contribution in [0.25, 0.3) is 5.52 Å². The molecule has 2 unspecified atom stereocenters. The SMILES string of the molecule is CCNC(=O)c1ccc2c(C3CCN(CC4(O)CCCCC4)CC3C)c(C)nn2c1. The molecular formula is C24H36N4O2. The number of carbonyl (C=O) groups excluding carboxylic acids is 1. The summed E-state index contributed by atoms with van der Waals surface area (Å²) in [5.41, 5.74) is 3.64. The molecule has 3 heterocycles. The maximum absolute atomic E-state index is 12.2. The molecule has 2 aromatic heterocycles. The molecule has 1 amide bonds. The standard InChI is InChI=1S/C24H36N4O2/c1-4-25-23(29)19-8-9-21-22(18(3)26-28(21)15-19)20-10-13-27(14-17(20)2)16-24(30)11-6-5-7-12-24/h8-9,15,17,20,30H,4-7,10-14,16H2,1-3H3,(H,25,29). The van der Waals surface area contributed by atoms with Gasteiger partial charge in [0, 0.05) is 31.4 Å². The van der Waals surface area contributed by atoms with Crippen molar-refractivity contribution >= 4 is 11.4 Å². The van der Waals surface area contributed by atoms with Crippen LogP contribution in [0.15, 0.2) is 18.3 Å². The van der Waals surface area contributed by atoms with E-state index in [4.69, 9.17) is 5.10 Å². The summed E-state index contributed by atoms with van der Waals surface area (Å²) in [7, 11) is 0. The summed E-state index contributed by atoms with van der Waals surface area (Å²) in [5.74, 6) is 0.896. The Labute approximate surface area is 179 Å². The lowest BCUT2D eigenvalue weighted by Crippen LogP contribution is -2.48. The summed E-state index contributed by atoms with van der Waals surface area (Å²) < 4.78 is 1.87. The van der Waals surface area contributed by atoms with Crippen LogP contribution >= 0.6 is 0 Å². The molecule has 0 aromatic carbocycles. The van der Waals surface area contributed by atoms with Gasteiger partial charge in [-0.1, -0.05) is 26.2 Å². The smallest absolute Gasteiger partial charge is 0.252 e. The van der Waals surface area contributed by atoms with Crippen LogP contribution in [0, 0.1) is 12.8 Å². The minimum atomic E-state index is -0.486. The van der Waals surface area contributed by atoms with E-state index in [1.807, 2.05) is 29.8 Å². The number of amides is 1. The molecule has 1 aliphatic carbocycles. The van der Waals surface area contributed by atoms with E-state index in [0.717, 1.165) is 62.9 Å². The molecule has 2 fully saturated rings. The third kappa shape index (κ3) is 4.26. The molecule has 4 rings (SSSR count).